The molecule has 88 valence electrons. The van der Waals surface area contributed by atoms with E-state index in [1.54, 1.807) is 7.11 Å². The molecule has 1 unspecified atom stereocenters. The number of ether oxygens (including phenoxy) is 1. The summed E-state index contributed by atoms with van der Waals surface area (Å²) in [7, 11) is 5.82. The molecule has 0 amide bonds. The van der Waals surface area contributed by atoms with Crippen molar-refractivity contribution in [3.8, 4) is 0 Å². The van der Waals surface area contributed by atoms with Crippen molar-refractivity contribution in [3.63, 3.8) is 0 Å². The first-order valence-corrected chi connectivity index (χ1v) is 5.21. The lowest BCUT2D eigenvalue weighted by atomic mass is 10.0. The molecular formula is C10H22N4O. The zero-order valence-corrected chi connectivity index (χ0v) is 10.2. The van der Waals surface area contributed by atoms with Crippen molar-refractivity contribution in [3.05, 3.63) is 0 Å². The first-order valence-electron chi connectivity index (χ1n) is 5.21. The van der Waals surface area contributed by atoms with Gasteiger partial charge in [-0.2, -0.15) is 0 Å². The average Bonchev–Trinajstić information content (AvgIpc) is 2.40. The molecule has 5 heteroatoms. The first kappa shape index (κ1) is 12.3. The largest absolute Gasteiger partial charge is 0.382 e. The zero-order valence-electron chi connectivity index (χ0n) is 10.2. The first-order chi connectivity index (χ1) is 6.99. The molecule has 0 radical (unpaired) electrons. The number of guanidine groups is 1. The SMILES string of the molecule is COCC1(C)CN=C(N)N1CCN(C)C. The van der Waals surface area contributed by atoms with Crippen LogP contribution in [-0.4, -0.2) is 68.7 Å². The summed E-state index contributed by atoms with van der Waals surface area (Å²) in [6.45, 7) is 5.37. The van der Waals surface area contributed by atoms with Crippen LogP contribution in [-0.2, 0) is 4.74 Å². The summed E-state index contributed by atoms with van der Waals surface area (Å²) in [6.07, 6.45) is 0. The third-order valence-corrected chi connectivity index (χ3v) is 2.74. The number of hydrogen-bond acceptors (Lipinski definition) is 5. The van der Waals surface area contributed by atoms with Gasteiger partial charge in [0.25, 0.3) is 0 Å². The van der Waals surface area contributed by atoms with Crippen molar-refractivity contribution < 1.29 is 4.74 Å². The molecule has 0 saturated heterocycles. The summed E-state index contributed by atoms with van der Waals surface area (Å²) in [5.41, 5.74) is 5.80. The van der Waals surface area contributed by atoms with Gasteiger partial charge in [0, 0.05) is 20.2 Å². The topological polar surface area (TPSA) is 54.1 Å². The highest BCUT2D eigenvalue weighted by Gasteiger charge is 2.37. The third-order valence-electron chi connectivity index (χ3n) is 2.74. The Morgan fingerprint density at radius 3 is 2.80 bits per heavy atom. The Balaban J connectivity index is 2.59. The van der Waals surface area contributed by atoms with Crippen LogP contribution in [0.2, 0.25) is 0 Å². The van der Waals surface area contributed by atoms with Crippen LogP contribution in [0.15, 0.2) is 4.99 Å². The summed E-state index contributed by atoms with van der Waals surface area (Å²) < 4.78 is 5.23. The molecule has 1 aliphatic rings. The van der Waals surface area contributed by atoms with E-state index in [0.717, 1.165) is 19.6 Å². The lowest BCUT2D eigenvalue weighted by Gasteiger charge is -2.36. The number of rotatable bonds is 5. The smallest absolute Gasteiger partial charge is 0.191 e. The van der Waals surface area contributed by atoms with Gasteiger partial charge in [-0.1, -0.05) is 0 Å². The molecule has 0 aromatic heterocycles. The molecule has 1 atom stereocenters. The molecule has 0 aliphatic carbocycles. The van der Waals surface area contributed by atoms with Gasteiger partial charge >= 0.3 is 0 Å². The molecule has 5 nitrogen and oxygen atoms in total. The van der Waals surface area contributed by atoms with Gasteiger partial charge in [0.1, 0.15) is 0 Å². The number of methoxy groups -OCH3 is 1. The molecule has 1 heterocycles. The van der Waals surface area contributed by atoms with E-state index in [4.69, 9.17) is 10.5 Å². The van der Waals surface area contributed by atoms with Crippen LogP contribution in [0.25, 0.3) is 0 Å². The summed E-state index contributed by atoms with van der Waals surface area (Å²) >= 11 is 0. The maximum Gasteiger partial charge on any atom is 0.191 e. The van der Waals surface area contributed by atoms with Gasteiger partial charge in [-0.05, 0) is 21.0 Å². The molecule has 0 saturated carbocycles. The number of nitrogens with two attached hydrogens (primary N) is 1. The van der Waals surface area contributed by atoms with Crippen LogP contribution in [0.4, 0.5) is 0 Å². The number of aliphatic imine (C=N–C) groups is 1. The second kappa shape index (κ2) is 4.81. The molecule has 0 bridgehead atoms. The van der Waals surface area contributed by atoms with Gasteiger partial charge in [0.15, 0.2) is 5.96 Å². The second-order valence-electron chi connectivity index (χ2n) is 4.56. The molecular weight excluding hydrogens is 192 g/mol. The quantitative estimate of drug-likeness (QED) is 0.675. The van der Waals surface area contributed by atoms with Crippen molar-refractivity contribution in [2.45, 2.75) is 12.5 Å². The number of hydrogen-bond donors (Lipinski definition) is 1. The predicted octanol–water partition coefficient (Wildman–Crippen LogP) is -0.417. The van der Waals surface area contributed by atoms with Gasteiger partial charge in [0.2, 0.25) is 0 Å². The highest BCUT2D eigenvalue weighted by molar-refractivity contribution is 5.81. The fourth-order valence-corrected chi connectivity index (χ4v) is 1.82. The van der Waals surface area contributed by atoms with Gasteiger partial charge < -0.3 is 20.3 Å². The van der Waals surface area contributed by atoms with Crippen LogP contribution < -0.4 is 5.73 Å². The van der Waals surface area contributed by atoms with Crippen LogP contribution in [0, 0.1) is 0 Å². The second-order valence-corrected chi connectivity index (χ2v) is 4.56. The van der Waals surface area contributed by atoms with Crippen molar-refractivity contribution in [1.29, 1.82) is 0 Å². The van der Waals surface area contributed by atoms with Gasteiger partial charge in [0.05, 0.1) is 18.7 Å². The lowest BCUT2D eigenvalue weighted by molar-refractivity contribution is 0.0756. The maximum atomic E-state index is 5.87. The number of nitrogens with zero attached hydrogens (tertiary/aromatic N) is 3. The van der Waals surface area contributed by atoms with Crippen molar-refractivity contribution in [1.82, 2.24) is 9.80 Å². The Labute approximate surface area is 91.9 Å². The van der Waals surface area contributed by atoms with Crippen LogP contribution in [0.1, 0.15) is 6.92 Å². The van der Waals surface area contributed by atoms with Crippen molar-refractivity contribution >= 4 is 5.96 Å². The van der Waals surface area contributed by atoms with E-state index < -0.39 is 0 Å². The van der Waals surface area contributed by atoms with E-state index in [2.05, 4.69) is 35.8 Å². The van der Waals surface area contributed by atoms with E-state index in [1.807, 2.05) is 0 Å². The van der Waals surface area contributed by atoms with Crippen LogP contribution in [0.5, 0.6) is 0 Å². The third kappa shape index (κ3) is 2.82. The van der Waals surface area contributed by atoms with E-state index in [-0.39, 0.29) is 5.54 Å². The van der Waals surface area contributed by atoms with Crippen molar-refractivity contribution in [2.75, 3.05) is 47.4 Å². The average molecular weight is 214 g/mol. The van der Waals surface area contributed by atoms with Gasteiger partial charge in [-0.25, -0.2) is 0 Å². The Hall–Kier alpha value is -0.810. The minimum Gasteiger partial charge on any atom is -0.382 e. The standard InChI is InChI=1S/C10H22N4O/c1-10(8-15-4)7-12-9(11)14(10)6-5-13(2)3/h5-8H2,1-4H3,(H2,11,12). The zero-order chi connectivity index (χ0) is 11.5. The van der Waals surface area contributed by atoms with E-state index in [0.29, 0.717) is 12.6 Å². The molecule has 1 rings (SSSR count). The molecule has 2 N–H and O–H groups in total. The molecule has 0 fully saturated rings. The van der Waals surface area contributed by atoms with E-state index in [1.165, 1.54) is 0 Å². The fourth-order valence-electron chi connectivity index (χ4n) is 1.82. The van der Waals surface area contributed by atoms with Crippen LogP contribution in [0.3, 0.4) is 0 Å². The Kier molecular flexibility index (Phi) is 3.93. The molecule has 1 aliphatic heterocycles. The number of likely N-dealkylation sites (N-methyl/N-ethyl adjacent to an activating group) is 1. The minimum atomic E-state index is -0.0746. The monoisotopic (exact) mass is 214 g/mol. The minimum absolute atomic E-state index is 0.0746. The molecule has 15 heavy (non-hydrogen) atoms. The van der Waals surface area contributed by atoms with Crippen LogP contribution >= 0.6 is 0 Å². The Morgan fingerprint density at radius 2 is 2.27 bits per heavy atom. The van der Waals surface area contributed by atoms with E-state index >= 15 is 0 Å². The summed E-state index contributed by atoms with van der Waals surface area (Å²) in [5, 5.41) is 0. The fraction of sp³-hybridized carbons (Fsp3) is 0.900. The lowest BCUT2D eigenvalue weighted by Crippen LogP contribution is -2.54. The summed E-state index contributed by atoms with van der Waals surface area (Å²) in [5.74, 6) is 0.636. The molecule has 0 spiro atoms. The van der Waals surface area contributed by atoms with Gasteiger partial charge in [-0.15, -0.1) is 0 Å². The molecule has 0 aromatic rings. The van der Waals surface area contributed by atoms with Crippen molar-refractivity contribution in [2.24, 2.45) is 10.7 Å². The van der Waals surface area contributed by atoms with Gasteiger partial charge in [-0.3, -0.25) is 4.99 Å². The molecule has 0 aromatic carbocycles. The maximum absolute atomic E-state index is 5.87. The Bertz CT molecular complexity index is 242. The van der Waals surface area contributed by atoms with E-state index in [9.17, 15) is 0 Å². The Morgan fingerprint density at radius 1 is 1.60 bits per heavy atom. The predicted molar refractivity (Wildman–Crippen MR) is 62.0 cm³/mol. The summed E-state index contributed by atoms with van der Waals surface area (Å²) in [6, 6.07) is 0. The highest BCUT2D eigenvalue weighted by atomic mass is 16.5. The normalized spacial score (nSPS) is 26.2. The summed E-state index contributed by atoms with van der Waals surface area (Å²) in [4.78, 5) is 8.56. The highest BCUT2D eigenvalue weighted by Crippen LogP contribution is 2.21.